The van der Waals surface area contributed by atoms with Crippen LogP contribution in [-0.2, 0) is 9.47 Å². The SMILES string of the molecule is CCCCCC[C@H]1O[C@@H](C)C[C@H](C#C[Si](C)(C)C)O1. The summed E-state index contributed by atoms with van der Waals surface area (Å²) in [4.78, 5) is 0. The van der Waals surface area contributed by atoms with E-state index < -0.39 is 8.07 Å². The second-order valence-electron chi connectivity index (χ2n) is 6.61. The number of ether oxygens (including phenoxy) is 2. The van der Waals surface area contributed by atoms with E-state index in [1.165, 1.54) is 25.7 Å². The first kappa shape index (κ1) is 16.8. The first-order chi connectivity index (χ1) is 8.90. The molecule has 0 aromatic rings. The molecule has 0 radical (unpaired) electrons. The molecule has 1 aliphatic heterocycles. The molecule has 0 bridgehead atoms. The lowest BCUT2D eigenvalue weighted by Crippen LogP contribution is -2.36. The van der Waals surface area contributed by atoms with Gasteiger partial charge < -0.3 is 9.47 Å². The van der Waals surface area contributed by atoms with Gasteiger partial charge in [0, 0.05) is 6.42 Å². The van der Waals surface area contributed by atoms with Crippen LogP contribution in [0.15, 0.2) is 0 Å². The van der Waals surface area contributed by atoms with Crippen molar-refractivity contribution in [3.05, 3.63) is 0 Å². The summed E-state index contributed by atoms with van der Waals surface area (Å²) in [5.74, 6) is 3.33. The van der Waals surface area contributed by atoms with Gasteiger partial charge in [-0.25, -0.2) is 0 Å². The van der Waals surface area contributed by atoms with Gasteiger partial charge in [-0.1, -0.05) is 51.7 Å². The van der Waals surface area contributed by atoms with Crippen LogP contribution >= 0.6 is 0 Å². The largest absolute Gasteiger partial charge is 0.350 e. The van der Waals surface area contributed by atoms with Crippen molar-refractivity contribution in [3.8, 4) is 11.5 Å². The van der Waals surface area contributed by atoms with Crippen LogP contribution < -0.4 is 0 Å². The van der Waals surface area contributed by atoms with E-state index in [-0.39, 0.29) is 18.5 Å². The van der Waals surface area contributed by atoms with Gasteiger partial charge in [-0.2, -0.15) is 0 Å². The predicted molar refractivity (Wildman–Crippen MR) is 83.7 cm³/mol. The van der Waals surface area contributed by atoms with Crippen molar-refractivity contribution in [2.75, 3.05) is 0 Å². The molecular formula is C16H30O2Si. The summed E-state index contributed by atoms with van der Waals surface area (Å²) in [6.07, 6.45) is 7.27. The third kappa shape index (κ3) is 7.76. The van der Waals surface area contributed by atoms with Crippen molar-refractivity contribution in [2.45, 2.75) is 90.5 Å². The Balaban J connectivity index is 2.41. The molecule has 1 saturated heterocycles. The Kier molecular flexibility index (Phi) is 7.13. The molecule has 0 N–H and O–H groups in total. The van der Waals surface area contributed by atoms with E-state index in [1.807, 2.05) is 0 Å². The molecule has 3 heteroatoms. The molecule has 0 aromatic heterocycles. The van der Waals surface area contributed by atoms with Gasteiger partial charge >= 0.3 is 0 Å². The van der Waals surface area contributed by atoms with Gasteiger partial charge in [0.05, 0.1) is 6.10 Å². The molecule has 19 heavy (non-hydrogen) atoms. The monoisotopic (exact) mass is 282 g/mol. The normalized spacial score (nSPS) is 27.7. The minimum Gasteiger partial charge on any atom is -0.350 e. The Bertz CT molecular complexity index is 311. The third-order valence-corrected chi connectivity index (χ3v) is 4.04. The summed E-state index contributed by atoms with van der Waals surface area (Å²) < 4.78 is 11.8. The molecule has 110 valence electrons. The summed E-state index contributed by atoms with van der Waals surface area (Å²) in [5.41, 5.74) is 3.42. The lowest BCUT2D eigenvalue weighted by Gasteiger charge is -2.32. The van der Waals surface area contributed by atoms with Crippen LogP contribution in [0, 0.1) is 11.5 Å². The Labute approximate surface area is 120 Å². The van der Waals surface area contributed by atoms with E-state index in [2.05, 4.69) is 45.0 Å². The lowest BCUT2D eigenvalue weighted by molar-refractivity contribution is -0.227. The zero-order valence-electron chi connectivity index (χ0n) is 13.3. The van der Waals surface area contributed by atoms with Gasteiger partial charge in [-0.3, -0.25) is 0 Å². The fourth-order valence-corrected chi connectivity index (χ4v) is 2.74. The van der Waals surface area contributed by atoms with Crippen molar-refractivity contribution >= 4 is 8.07 Å². The second-order valence-corrected chi connectivity index (χ2v) is 11.4. The van der Waals surface area contributed by atoms with Crippen LogP contribution in [0.5, 0.6) is 0 Å². The maximum Gasteiger partial charge on any atom is 0.159 e. The highest BCUT2D eigenvalue weighted by molar-refractivity contribution is 6.83. The molecule has 3 atom stereocenters. The highest BCUT2D eigenvalue weighted by Gasteiger charge is 2.26. The predicted octanol–water partition coefficient (Wildman–Crippen LogP) is 4.36. The van der Waals surface area contributed by atoms with Crippen molar-refractivity contribution in [3.63, 3.8) is 0 Å². The van der Waals surface area contributed by atoms with E-state index in [4.69, 9.17) is 9.47 Å². The van der Waals surface area contributed by atoms with Gasteiger partial charge in [0.2, 0.25) is 0 Å². The maximum atomic E-state index is 5.96. The molecule has 1 fully saturated rings. The van der Waals surface area contributed by atoms with Gasteiger partial charge in [-0.15, -0.1) is 5.54 Å². The Hall–Kier alpha value is -0.303. The average Bonchev–Trinajstić information content (AvgIpc) is 2.31. The number of unbranched alkanes of at least 4 members (excludes halogenated alkanes) is 3. The lowest BCUT2D eigenvalue weighted by atomic mass is 10.1. The molecule has 0 aliphatic carbocycles. The smallest absolute Gasteiger partial charge is 0.159 e. The van der Waals surface area contributed by atoms with Crippen LogP contribution in [0.25, 0.3) is 0 Å². The van der Waals surface area contributed by atoms with E-state index >= 15 is 0 Å². The van der Waals surface area contributed by atoms with E-state index in [9.17, 15) is 0 Å². The zero-order valence-corrected chi connectivity index (χ0v) is 14.3. The third-order valence-electron chi connectivity index (χ3n) is 3.15. The fourth-order valence-electron chi connectivity index (χ4n) is 2.15. The molecule has 0 spiro atoms. The Morgan fingerprint density at radius 3 is 2.47 bits per heavy atom. The summed E-state index contributed by atoms with van der Waals surface area (Å²) >= 11 is 0. The highest BCUT2D eigenvalue weighted by Crippen LogP contribution is 2.22. The van der Waals surface area contributed by atoms with E-state index in [0.717, 1.165) is 12.8 Å². The number of rotatable bonds is 5. The minimum absolute atomic E-state index is 0.0402. The molecule has 0 unspecified atom stereocenters. The van der Waals surface area contributed by atoms with Crippen LogP contribution in [0.2, 0.25) is 19.6 Å². The minimum atomic E-state index is -1.30. The standard InChI is InChI=1S/C16H30O2Si/c1-6-7-8-9-10-16-17-14(2)13-15(18-16)11-12-19(3,4)5/h14-16H,6-10,13H2,1-5H3/t14-,15-,16-/m0/s1. The molecule has 1 rings (SSSR count). The van der Waals surface area contributed by atoms with Crippen molar-refractivity contribution in [1.29, 1.82) is 0 Å². The van der Waals surface area contributed by atoms with Gasteiger partial charge in [0.1, 0.15) is 14.2 Å². The molecule has 1 heterocycles. The van der Waals surface area contributed by atoms with Crippen LogP contribution in [0.1, 0.15) is 52.4 Å². The first-order valence-electron chi connectivity index (χ1n) is 7.74. The van der Waals surface area contributed by atoms with Crippen LogP contribution in [0.3, 0.4) is 0 Å². The zero-order chi connectivity index (χ0) is 14.3. The molecule has 0 amide bonds. The topological polar surface area (TPSA) is 18.5 Å². The first-order valence-corrected chi connectivity index (χ1v) is 11.2. The Morgan fingerprint density at radius 1 is 1.11 bits per heavy atom. The van der Waals surface area contributed by atoms with Crippen molar-refractivity contribution in [1.82, 2.24) is 0 Å². The molecule has 0 aromatic carbocycles. The van der Waals surface area contributed by atoms with Gasteiger partial charge in [0.15, 0.2) is 6.29 Å². The van der Waals surface area contributed by atoms with Crippen molar-refractivity contribution in [2.24, 2.45) is 0 Å². The van der Waals surface area contributed by atoms with Gasteiger partial charge in [-0.05, 0) is 19.8 Å². The van der Waals surface area contributed by atoms with Gasteiger partial charge in [0.25, 0.3) is 0 Å². The molecule has 2 nitrogen and oxygen atoms in total. The maximum absolute atomic E-state index is 5.96. The van der Waals surface area contributed by atoms with E-state index in [1.54, 1.807) is 0 Å². The quantitative estimate of drug-likeness (QED) is 0.424. The number of hydrogen-bond donors (Lipinski definition) is 0. The summed E-state index contributed by atoms with van der Waals surface area (Å²) in [6.45, 7) is 11.2. The summed E-state index contributed by atoms with van der Waals surface area (Å²) in [5, 5.41) is 0. The summed E-state index contributed by atoms with van der Waals surface area (Å²) in [7, 11) is -1.30. The number of hydrogen-bond acceptors (Lipinski definition) is 2. The van der Waals surface area contributed by atoms with Crippen LogP contribution in [-0.4, -0.2) is 26.6 Å². The second kappa shape index (κ2) is 8.09. The highest BCUT2D eigenvalue weighted by atomic mass is 28.3. The fraction of sp³-hybridized carbons (Fsp3) is 0.875. The molecule has 0 saturated carbocycles. The average molecular weight is 282 g/mol. The van der Waals surface area contributed by atoms with Crippen molar-refractivity contribution < 1.29 is 9.47 Å². The Morgan fingerprint density at radius 2 is 1.84 bits per heavy atom. The van der Waals surface area contributed by atoms with E-state index in [0.29, 0.717) is 0 Å². The van der Waals surface area contributed by atoms with Crippen LogP contribution in [0.4, 0.5) is 0 Å². The molecular weight excluding hydrogens is 252 g/mol. The molecule has 1 aliphatic rings. The summed E-state index contributed by atoms with van der Waals surface area (Å²) in [6, 6.07) is 0.